The van der Waals surface area contributed by atoms with E-state index in [1.165, 1.54) is 4.90 Å². The van der Waals surface area contributed by atoms with Crippen LogP contribution in [-0.4, -0.2) is 23.5 Å². The van der Waals surface area contributed by atoms with Crippen molar-refractivity contribution in [2.24, 2.45) is 34.8 Å². The van der Waals surface area contributed by atoms with Gasteiger partial charge in [0.2, 0.25) is 5.91 Å². The van der Waals surface area contributed by atoms with Crippen molar-refractivity contribution in [3.05, 3.63) is 24.3 Å². The lowest BCUT2D eigenvalue weighted by molar-refractivity contribution is -0.127. The molecule has 5 unspecified atom stereocenters. The first-order valence-electron chi connectivity index (χ1n) is 8.24. The second-order valence-electron chi connectivity index (χ2n) is 7.43. The van der Waals surface area contributed by atoms with Crippen molar-refractivity contribution < 1.29 is 9.90 Å². The SMILES string of the molecule is CSc1ccc(NC(O)C2C(C(N)=O)C3CCC2C3(C)C)cc1. The van der Waals surface area contributed by atoms with Gasteiger partial charge in [-0.3, -0.25) is 4.79 Å². The second-order valence-corrected chi connectivity index (χ2v) is 8.31. The molecule has 0 saturated heterocycles. The van der Waals surface area contributed by atoms with Crippen LogP contribution in [0.5, 0.6) is 0 Å². The van der Waals surface area contributed by atoms with Gasteiger partial charge in [-0.25, -0.2) is 0 Å². The number of hydrogen-bond donors (Lipinski definition) is 3. The molecule has 0 aromatic heterocycles. The standard InChI is InChI=1S/C18H26N2O2S/c1-18(2)12-8-9-13(18)15(14(12)16(19)21)17(22)20-10-4-6-11(23-3)7-5-10/h4-7,12-15,17,20,22H,8-9H2,1-3H3,(H2,19,21). The Labute approximate surface area is 142 Å². The zero-order valence-electron chi connectivity index (χ0n) is 14.0. The summed E-state index contributed by atoms with van der Waals surface area (Å²) in [5, 5.41) is 14.0. The lowest BCUT2D eigenvalue weighted by atomic mass is 9.77. The Bertz CT molecular complexity index is 587. The fourth-order valence-electron chi connectivity index (χ4n) is 4.99. The molecule has 126 valence electrons. The van der Waals surface area contributed by atoms with E-state index in [9.17, 15) is 9.90 Å². The fourth-order valence-corrected chi connectivity index (χ4v) is 5.39. The molecule has 2 aliphatic rings. The van der Waals surface area contributed by atoms with Gasteiger partial charge in [0.25, 0.3) is 0 Å². The molecule has 2 bridgehead atoms. The van der Waals surface area contributed by atoms with Crippen LogP contribution in [0.2, 0.25) is 0 Å². The van der Waals surface area contributed by atoms with Gasteiger partial charge in [0, 0.05) is 22.4 Å². The van der Waals surface area contributed by atoms with Gasteiger partial charge in [-0.1, -0.05) is 13.8 Å². The van der Waals surface area contributed by atoms with E-state index >= 15 is 0 Å². The van der Waals surface area contributed by atoms with Crippen molar-refractivity contribution in [1.82, 2.24) is 0 Å². The van der Waals surface area contributed by atoms with Gasteiger partial charge in [-0.05, 0) is 60.6 Å². The molecule has 4 nitrogen and oxygen atoms in total. The molecule has 0 heterocycles. The normalized spacial score (nSPS) is 32.7. The van der Waals surface area contributed by atoms with Crippen LogP contribution in [0.3, 0.4) is 0 Å². The number of nitrogens with two attached hydrogens (primary N) is 1. The van der Waals surface area contributed by atoms with Crippen molar-refractivity contribution >= 4 is 23.4 Å². The van der Waals surface area contributed by atoms with Crippen LogP contribution < -0.4 is 11.1 Å². The highest BCUT2D eigenvalue weighted by Gasteiger charge is 2.62. The topological polar surface area (TPSA) is 75.3 Å². The number of carbonyl (C=O) groups is 1. The molecule has 0 radical (unpaired) electrons. The monoisotopic (exact) mass is 334 g/mol. The van der Waals surface area contributed by atoms with Crippen LogP contribution in [0.1, 0.15) is 26.7 Å². The predicted octanol–water partition coefficient (Wildman–Crippen LogP) is 2.92. The molecule has 1 amide bonds. The van der Waals surface area contributed by atoms with E-state index in [0.717, 1.165) is 18.5 Å². The minimum absolute atomic E-state index is 0.0652. The van der Waals surface area contributed by atoms with Crippen LogP contribution in [-0.2, 0) is 4.79 Å². The third-order valence-electron chi connectivity index (χ3n) is 6.11. The molecule has 2 aliphatic carbocycles. The maximum Gasteiger partial charge on any atom is 0.221 e. The number of amides is 1. The average molecular weight is 334 g/mol. The fraction of sp³-hybridized carbons (Fsp3) is 0.611. The molecule has 1 aromatic rings. The maximum absolute atomic E-state index is 12.0. The highest BCUT2D eigenvalue weighted by atomic mass is 32.2. The minimum atomic E-state index is -0.748. The number of nitrogens with one attached hydrogen (secondary N) is 1. The molecule has 5 heteroatoms. The first kappa shape index (κ1) is 16.7. The molecular weight excluding hydrogens is 308 g/mol. The largest absolute Gasteiger partial charge is 0.373 e. The number of hydrogen-bond acceptors (Lipinski definition) is 4. The van der Waals surface area contributed by atoms with Gasteiger partial charge in [0.05, 0.1) is 0 Å². The summed E-state index contributed by atoms with van der Waals surface area (Å²) in [4.78, 5) is 13.2. The van der Waals surface area contributed by atoms with E-state index in [2.05, 4.69) is 19.2 Å². The first-order valence-corrected chi connectivity index (χ1v) is 9.46. The highest BCUT2D eigenvalue weighted by Crippen LogP contribution is 2.63. The quantitative estimate of drug-likeness (QED) is 0.572. The molecule has 2 saturated carbocycles. The maximum atomic E-state index is 12.0. The van der Waals surface area contributed by atoms with E-state index in [4.69, 9.17) is 5.73 Å². The molecule has 23 heavy (non-hydrogen) atoms. The zero-order valence-corrected chi connectivity index (χ0v) is 14.8. The number of fused-ring (bicyclic) bond motifs is 2. The van der Waals surface area contributed by atoms with Crippen molar-refractivity contribution in [3.63, 3.8) is 0 Å². The summed E-state index contributed by atoms with van der Waals surface area (Å²) in [6.45, 7) is 4.43. The third kappa shape index (κ3) is 2.74. The Morgan fingerprint density at radius 2 is 1.91 bits per heavy atom. The van der Waals surface area contributed by atoms with Crippen LogP contribution >= 0.6 is 11.8 Å². The second kappa shape index (κ2) is 6.02. The van der Waals surface area contributed by atoms with Gasteiger partial charge in [0.1, 0.15) is 6.23 Å². The molecule has 3 rings (SSSR count). The lowest BCUT2D eigenvalue weighted by Crippen LogP contribution is -2.43. The number of benzene rings is 1. The van der Waals surface area contributed by atoms with Gasteiger partial charge in [-0.15, -0.1) is 11.8 Å². The number of aliphatic hydroxyl groups is 1. The summed E-state index contributed by atoms with van der Waals surface area (Å²) in [5.74, 6) is -0.00431. The van der Waals surface area contributed by atoms with Gasteiger partial charge < -0.3 is 16.2 Å². The smallest absolute Gasteiger partial charge is 0.221 e. The molecule has 0 spiro atoms. The van der Waals surface area contributed by atoms with Crippen LogP contribution in [0.25, 0.3) is 0 Å². The molecular formula is C18H26N2O2S. The van der Waals surface area contributed by atoms with Crippen molar-refractivity contribution in [2.45, 2.75) is 37.8 Å². The summed E-state index contributed by atoms with van der Waals surface area (Å²) < 4.78 is 0. The molecule has 5 atom stereocenters. The summed E-state index contributed by atoms with van der Waals surface area (Å²) >= 11 is 1.68. The Hall–Kier alpha value is -1.20. The van der Waals surface area contributed by atoms with Crippen LogP contribution in [0, 0.1) is 29.1 Å². The predicted molar refractivity (Wildman–Crippen MR) is 94.0 cm³/mol. The van der Waals surface area contributed by atoms with Crippen molar-refractivity contribution in [3.8, 4) is 0 Å². The van der Waals surface area contributed by atoms with Gasteiger partial charge in [-0.2, -0.15) is 0 Å². The van der Waals surface area contributed by atoms with Crippen LogP contribution in [0.15, 0.2) is 29.2 Å². The summed E-state index contributed by atoms with van der Waals surface area (Å²) in [5.41, 5.74) is 6.62. The van der Waals surface area contributed by atoms with E-state index in [1.54, 1.807) is 11.8 Å². The number of anilines is 1. The summed E-state index contributed by atoms with van der Waals surface area (Å²) in [6.07, 6.45) is 3.39. The van der Waals surface area contributed by atoms with Gasteiger partial charge >= 0.3 is 0 Å². The van der Waals surface area contributed by atoms with E-state index in [0.29, 0.717) is 5.92 Å². The number of carbonyl (C=O) groups excluding carboxylic acids is 1. The average Bonchev–Trinajstić information content (AvgIpc) is 2.93. The number of aliphatic hydroxyl groups excluding tert-OH is 1. The van der Waals surface area contributed by atoms with E-state index in [1.807, 2.05) is 30.5 Å². The summed E-state index contributed by atoms with van der Waals surface area (Å²) in [6, 6.07) is 7.98. The van der Waals surface area contributed by atoms with Gasteiger partial charge in [0.15, 0.2) is 0 Å². The Kier molecular flexibility index (Phi) is 4.36. The molecule has 0 aliphatic heterocycles. The number of rotatable bonds is 5. The van der Waals surface area contributed by atoms with Crippen LogP contribution in [0.4, 0.5) is 5.69 Å². The number of primary amides is 1. The molecule has 1 aromatic carbocycles. The van der Waals surface area contributed by atoms with Crippen molar-refractivity contribution in [1.29, 1.82) is 0 Å². The highest BCUT2D eigenvalue weighted by molar-refractivity contribution is 7.98. The first-order chi connectivity index (χ1) is 10.9. The Morgan fingerprint density at radius 1 is 1.30 bits per heavy atom. The van der Waals surface area contributed by atoms with Crippen molar-refractivity contribution in [2.75, 3.05) is 11.6 Å². The van der Waals surface area contributed by atoms with E-state index in [-0.39, 0.29) is 29.1 Å². The molecule has 4 N–H and O–H groups in total. The Morgan fingerprint density at radius 3 is 2.48 bits per heavy atom. The minimum Gasteiger partial charge on any atom is -0.373 e. The Balaban J connectivity index is 1.80. The third-order valence-corrected chi connectivity index (χ3v) is 6.85. The zero-order chi connectivity index (χ0) is 16.8. The van der Waals surface area contributed by atoms with E-state index < -0.39 is 6.23 Å². The lowest BCUT2D eigenvalue weighted by Gasteiger charge is -2.33. The number of thioether (sulfide) groups is 1. The molecule has 2 fully saturated rings. The summed E-state index contributed by atoms with van der Waals surface area (Å²) in [7, 11) is 0.